The van der Waals surface area contributed by atoms with E-state index < -0.39 is 4.92 Å². The molecule has 0 saturated heterocycles. The van der Waals surface area contributed by atoms with Crippen molar-refractivity contribution in [3.8, 4) is 5.75 Å². The van der Waals surface area contributed by atoms with Crippen molar-refractivity contribution >= 4 is 11.4 Å². The van der Waals surface area contributed by atoms with Crippen LogP contribution in [0.3, 0.4) is 0 Å². The number of nitrogens with zero attached hydrogens (tertiary/aromatic N) is 1. The summed E-state index contributed by atoms with van der Waals surface area (Å²) in [5.41, 5.74) is 0.752. The zero-order chi connectivity index (χ0) is 12.8. The molecule has 0 bridgehead atoms. The van der Waals surface area contributed by atoms with Gasteiger partial charge in [0, 0.05) is 24.4 Å². The van der Waals surface area contributed by atoms with Gasteiger partial charge < -0.3 is 10.1 Å². The van der Waals surface area contributed by atoms with Crippen LogP contribution in [0.25, 0.3) is 0 Å². The third kappa shape index (κ3) is 3.94. The Labute approximate surface area is 101 Å². The van der Waals surface area contributed by atoms with Gasteiger partial charge in [-0.3, -0.25) is 10.1 Å². The SMILES string of the molecule is CCNc1cc(OC(C)CC)cc([N+](=O)[O-])c1. The molecule has 5 heteroatoms. The number of rotatable bonds is 6. The fourth-order valence-corrected chi connectivity index (χ4v) is 1.38. The van der Waals surface area contributed by atoms with Gasteiger partial charge in [-0.25, -0.2) is 0 Å². The van der Waals surface area contributed by atoms with Gasteiger partial charge in [0.1, 0.15) is 5.75 Å². The van der Waals surface area contributed by atoms with Crippen molar-refractivity contribution in [2.45, 2.75) is 33.3 Å². The highest BCUT2D eigenvalue weighted by molar-refractivity contribution is 5.56. The third-order valence-electron chi connectivity index (χ3n) is 2.40. The van der Waals surface area contributed by atoms with Crippen LogP contribution in [-0.4, -0.2) is 17.6 Å². The molecule has 1 rings (SSSR count). The lowest BCUT2D eigenvalue weighted by molar-refractivity contribution is -0.384. The van der Waals surface area contributed by atoms with Crippen LogP contribution in [0.15, 0.2) is 18.2 Å². The van der Waals surface area contributed by atoms with Gasteiger partial charge in [0.25, 0.3) is 5.69 Å². The Balaban J connectivity index is 2.99. The van der Waals surface area contributed by atoms with E-state index in [1.54, 1.807) is 6.07 Å². The second-order valence-electron chi connectivity index (χ2n) is 3.84. The van der Waals surface area contributed by atoms with Gasteiger partial charge in [0.05, 0.1) is 17.1 Å². The van der Waals surface area contributed by atoms with Crippen molar-refractivity contribution in [1.29, 1.82) is 0 Å². The molecule has 0 amide bonds. The van der Waals surface area contributed by atoms with Gasteiger partial charge >= 0.3 is 0 Å². The summed E-state index contributed by atoms with van der Waals surface area (Å²) in [6.07, 6.45) is 0.908. The molecule has 1 aromatic carbocycles. The fourth-order valence-electron chi connectivity index (χ4n) is 1.38. The van der Waals surface area contributed by atoms with Crippen molar-refractivity contribution in [2.75, 3.05) is 11.9 Å². The maximum absolute atomic E-state index is 10.8. The van der Waals surface area contributed by atoms with Crippen molar-refractivity contribution in [2.24, 2.45) is 0 Å². The Hall–Kier alpha value is -1.78. The molecule has 0 saturated carbocycles. The normalized spacial score (nSPS) is 11.9. The molecule has 1 atom stereocenters. The largest absolute Gasteiger partial charge is 0.490 e. The number of nitrogens with one attached hydrogen (secondary N) is 1. The smallest absolute Gasteiger partial charge is 0.275 e. The molecule has 0 aliphatic carbocycles. The minimum absolute atomic E-state index is 0.0433. The molecular weight excluding hydrogens is 220 g/mol. The summed E-state index contributed by atoms with van der Waals surface area (Å²) < 4.78 is 5.60. The van der Waals surface area contributed by atoms with Crippen molar-refractivity contribution in [3.05, 3.63) is 28.3 Å². The van der Waals surface area contributed by atoms with E-state index in [9.17, 15) is 10.1 Å². The van der Waals surface area contributed by atoms with Gasteiger partial charge in [-0.15, -0.1) is 0 Å². The molecule has 0 aromatic heterocycles. The third-order valence-corrected chi connectivity index (χ3v) is 2.40. The zero-order valence-electron chi connectivity index (χ0n) is 10.4. The number of hydrogen-bond donors (Lipinski definition) is 1. The van der Waals surface area contributed by atoms with Crippen LogP contribution < -0.4 is 10.1 Å². The first-order valence-electron chi connectivity index (χ1n) is 5.76. The topological polar surface area (TPSA) is 64.4 Å². The van der Waals surface area contributed by atoms with E-state index in [1.807, 2.05) is 20.8 Å². The molecule has 0 aliphatic rings. The number of nitro benzene ring substituents is 1. The molecule has 0 heterocycles. The standard InChI is InChI=1S/C12H18N2O3/c1-4-9(3)17-12-7-10(13-5-2)6-11(8-12)14(15)16/h6-9,13H,4-5H2,1-3H3. The summed E-state index contributed by atoms with van der Waals surface area (Å²) in [5, 5.41) is 13.8. The first kappa shape index (κ1) is 13.3. The van der Waals surface area contributed by atoms with Crippen molar-refractivity contribution in [1.82, 2.24) is 0 Å². The average Bonchev–Trinajstić information content (AvgIpc) is 2.29. The number of hydrogen-bond acceptors (Lipinski definition) is 4. The van der Waals surface area contributed by atoms with E-state index in [0.717, 1.165) is 6.42 Å². The van der Waals surface area contributed by atoms with Gasteiger partial charge in [0.15, 0.2) is 0 Å². The van der Waals surface area contributed by atoms with E-state index >= 15 is 0 Å². The summed E-state index contributed by atoms with van der Waals surface area (Å²) in [6.45, 7) is 6.59. The maximum atomic E-state index is 10.8. The Morgan fingerprint density at radius 1 is 1.41 bits per heavy atom. The zero-order valence-corrected chi connectivity index (χ0v) is 10.4. The predicted molar refractivity (Wildman–Crippen MR) is 67.6 cm³/mol. The van der Waals surface area contributed by atoms with Crippen LogP contribution in [0.2, 0.25) is 0 Å². The summed E-state index contributed by atoms with van der Waals surface area (Å²) in [7, 11) is 0. The van der Waals surface area contributed by atoms with Crippen molar-refractivity contribution < 1.29 is 9.66 Å². The van der Waals surface area contributed by atoms with E-state index in [2.05, 4.69) is 5.32 Å². The molecule has 0 aliphatic heterocycles. The maximum Gasteiger partial charge on any atom is 0.275 e. The average molecular weight is 238 g/mol. The summed E-state index contributed by atoms with van der Waals surface area (Å²) >= 11 is 0. The number of benzene rings is 1. The minimum atomic E-state index is -0.412. The molecule has 5 nitrogen and oxygen atoms in total. The second kappa shape index (κ2) is 6.08. The summed E-state index contributed by atoms with van der Waals surface area (Å²) in [4.78, 5) is 10.4. The molecule has 94 valence electrons. The minimum Gasteiger partial charge on any atom is -0.490 e. The molecule has 0 radical (unpaired) electrons. The van der Waals surface area contributed by atoms with Crippen LogP contribution in [0.4, 0.5) is 11.4 Å². The highest BCUT2D eigenvalue weighted by Crippen LogP contribution is 2.26. The van der Waals surface area contributed by atoms with Crippen molar-refractivity contribution in [3.63, 3.8) is 0 Å². The molecule has 0 fully saturated rings. The highest BCUT2D eigenvalue weighted by Gasteiger charge is 2.11. The molecule has 1 aromatic rings. The van der Waals surface area contributed by atoms with Crippen LogP contribution in [-0.2, 0) is 0 Å². The second-order valence-corrected chi connectivity index (χ2v) is 3.84. The summed E-state index contributed by atoms with van der Waals surface area (Å²) in [5.74, 6) is 0.532. The van der Waals surface area contributed by atoms with Crippen LogP contribution >= 0.6 is 0 Å². The lowest BCUT2D eigenvalue weighted by atomic mass is 10.2. The van der Waals surface area contributed by atoms with Gasteiger partial charge in [-0.05, 0) is 20.3 Å². The molecule has 1 N–H and O–H groups in total. The lowest BCUT2D eigenvalue weighted by Crippen LogP contribution is -2.10. The lowest BCUT2D eigenvalue weighted by Gasteiger charge is -2.13. The first-order chi connectivity index (χ1) is 8.06. The van der Waals surface area contributed by atoms with Gasteiger partial charge in [-0.2, -0.15) is 0 Å². The molecule has 0 spiro atoms. The molecular formula is C12H18N2O3. The van der Waals surface area contributed by atoms with Gasteiger partial charge in [-0.1, -0.05) is 6.92 Å². The number of nitro groups is 1. The number of ether oxygens (including phenoxy) is 1. The van der Waals surface area contributed by atoms with Gasteiger partial charge in [0.2, 0.25) is 0 Å². The molecule has 17 heavy (non-hydrogen) atoms. The monoisotopic (exact) mass is 238 g/mol. The summed E-state index contributed by atoms with van der Waals surface area (Å²) in [6, 6.07) is 4.74. The predicted octanol–water partition coefficient (Wildman–Crippen LogP) is 3.20. The van der Waals surface area contributed by atoms with E-state index in [-0.39, 0.29) is 11.8 Å². The van der Waals surface area contributed by atoms with Crippen LogP contribution in [0, 0.1) is 10.1 Å². The quantitative estimate of drug-likeness (QED) is 0.610. The Bertz CT molecular complexity index is 393. The Morgan fingerprint density at radius 3 is 2.65 bits per heavy atom. The highest BCUT2D eigenvalue weighted by atomic mass is 16.6. The number of anilines is 1. The Kier molecular flexibility index (Phi) is 4.75. The fraction of sp³-hybridized carbons (Fsp3) is 0.500. The molecule has 1 unspecified atom stereocenters. The first-order valence-corrected chi connectivity index (χ1v) is 5.76. The van der Waals surface area contributed by atoms with E-state index in [4.69, 9.17) is 4.74 Å². The van der Waals surface area contributed by atoms with E-state index in [1.165, 1.54) is 12.1 Å². The van der Waals surface area contributed by atoms with Crippen LogP contribution in [0.1, 0.15) is 27.2 Å². The van der Waals surface area contributed by atoms with E-state index in [0.29, 0.717) is 18.0 Å². The Morgan fingerprint density at radius 2 is 2.12 bits per heavy atom. The number of non-ortho nitro benzene ring substituents is 1. The van der Waals surface area contributed by atoms with Crippen LogP contribution in [0.5, 0.6) is 5.75 Å².